The van der Waals surface area contributed by atoms with Gasteiger partial charge in [-0.05, 0) is 25.7 Å². The van der Waals surface area contributed by atoms with Gasteiger partial charge in [-0.1, -0.05) is 25.2 Å². The first-order valence-corrected chi connectivity index (χ1v) is 4.74. The molecular formula is C11H16O2. The van der Waals surface area contributed by atoms with E-state index in [1.165, 1.54) is 6.08 Å². The highest BCUT2D eigenvalue weighted by Gasteiger charge is 2.08. The van der Waals surface area contributed by atoms with E-state index in [9.17, 15) is 4.79 Å². The number of ether oxygens (including phenoxy) is 1. The third-order valence-corrected chi connectivity index (χ3v) is 2.13. The van der Waals surface area contributed by atoms with Gasteiger partial charge in [0.05, 0.1) is 6.10 Å². The second-order valence-electron chi connectivity index (χ2n) is 3.55. The predicted molar refractivity (Wildman–Crippen MR) is 52.2 cm³/mol. The highest BCUT2D eigenvalue weighted by Crippen LogP contribution is 2.12. The Kier molecular flexibility index (Phi) is 3.74. The Morgan fingerprint density at radius 3 is 2.85 bits per heavy atom. The number of hydrogen-bond acceptors (Lipinski definition) is 2. The van der Waals surface area contributed by atoms with E-state index < -0.39 is 0 Å². The van der Waals surface area contributed by atoms with Crippen LogP contribution < -0.4 is 0 Å². The first-order chi connectivity index (χ1) is 6.18. The van der Waals surface area contributed by atoms with Gasteiger partial charge in [0.2, 0.25) is 0 Å². The summed E-state index contributed by atoms with van der Waals surface area (Å²) in [5.41, 5.74) is 0. The maximum Gasteiger partial charge on any atom is 0.331 e. The third-order valence-electron chi connectivity index (χ3n) is 2.13. The summed E-state index contributed by atoms with van der Waals surface area (Å²) < 4.78 is 5.12. The molecule has 72 valence electrons. The van der Waals surface area contributed by atoms with Crippen LogP contribution in [0.25, 0.3) is 0 Å². The number of carbonyl (C=O) groups excluding carboxylic acids is 1. The Hall–Kier alpha value is -1.05. The van der Waals surface area contributed by atoms with E-state index in [2.05, 4.69) is 13.0 Å². The van der Waals surface area contributed by atoms with Crippen molar-refractivity contribution in [1.29, 1.82) is 0 Å². The van der Waals surface area contributed by atoms with Crippen molar-refractivity contribution in [2.75, 3.05) is 0 Å². The van der Waals surface area contributed by atoms with E-state index in [1.54, 1.807) is 6.08 Å². The molecule has 0 aliphatic carbocycles. The zero-order valence-corrected chi connectivity index (χ0v) is 8.19. The van der Waals surface area contributed by atoms with E-state index >= 15 is 0 Å². The summed E-state index contributed by atoms with van der Waals surface area (Å²) in [6.45, 7) is 4.10. The fourth-order valence-corrected chi connectivity index (χ4v) is 1.28. The van der Waals surface area contributed by atoms with Gasteiger partial charge in [-0.15, -0.1) is 0 Å². The largest absolute Gasteiger partial charge is 0.460 e. The molecule has 0 bridgehead atoms. The van der Waals surface area contributed by atoms with E-state index in [-0.39, 0.29) is 12.1 Å². The molecule has 2 atom stereocenters. The monoisotopic (exact) mass is 180 g/mol. The van der Waals surface area contributed by atoms with Crippen molar-refractivity contribution >= 4 is 5.97 Å². The first kappa shape index (κ1) is 10.0. The molecule has 1 heterocycles. The summed E-state index contributed by atoms with van der Waals surface area (Å²) in [7, 11) is 0. The Morgan fingerprint density at radius 2 is 2.08 bits per heavy atom. The van der Waals surface area contributed by atoms with Crippen LogP contribution in [0.15, 0.2) is 24.3 Å². The molecule has 0 N–H and O–H groups in total. The molecule has 0 amide bonds. The van der Waals surface area contributed by atoms with Gasteiger partial charge in [-0.3, -0.25) is 0 Å². The van der Waals surface area contributed by atoms with Gasteiger partial charge in [0.15, 0.2) is 0 Å². The average Bonchev–Trinajstić information content (AvgIpc) is 2.08. The second-order valence-corrected chi connectivity index (χ2v) is 3.55. The predicted octanol–water partition coefficient (Wildman–Crippen LogP) is 2.46. The van der Waals surface area contributed by atoms with Crippen molar-refractivity contribution in [3.05, 3.63) is 24.3 Å². The van der Waals surface area contributed by atoms with Crippen LogP contribution in [0.2, 0.25) is 0 Å². The highest BCUT2D eigenvalue weighted by molar-refractivity contribution is 5.82. The van der Waals surface area contributed by atoms with Crippen molar-refractivity contribution in [3.8, 4) is 0 Å². The number of cyclic esters (lactones) is 1. The fraction of sp³-hybridized carbons (Fsp3) is 0.545. The topological polar surface area (TPSA) is 26.3 Å². The van der Waals surface area contributed by atoms with E-state index in [0.29, 0.717) is 5.92 Å². The third kappa shape index (κ3) is 3.92. The molecule has 0 aromatic rings. The molecule has 0 spiro atoms. The number of hydrogen-bond donors (Lipinski definition) is 0. The summed E-state index contributed by atoms with van der Waals surface area (Å²) in [4.78, 5) is 11.0. The second kappa shape index (κ2) is 4.85. The number of allylic oxidation sites excluding steroid dienone is 3. The first-order valence-electron chi connectivity index (χ1n) is 4.74. The van der Waals surface area contributed by atoms with Crippen molar-refractivity contribution in [3.63, 3.8) is 0 Å². The molecular weight excluding hydrogens is 164 g/mol. The molecule has 13 heavy (non-hydrogen) atoms. The highest BCUT2D eigenvalue weighted by atomic mass is 16.5. The molecule has 0 unspecified atom stereocenters. The van der Waals surface area contributed by atoms with Crippen LogP contribution in [0.4, 0.5) is 0 Å². The number of rotatable bonds is 0. The van der Waals surface area contributed by atoms with Crippen LogP contribution >= 0.6 is 0 Å². The number of esters is 1. The molecule has 1 rings (SSSR count). The van der Waals surface area contributed by atoms with Crippen LogP contribution in [-0.4, -0.2) is 12.1 Å². The van der Waals surface area contributed by atoms with Gasteiger partial charge in [0.1, 0.15) is 0 Å². The molecule has 2 heteroatoms. The van der Waals surface area contributed by atoms with Crippen molar-refractivity contribution in [2.45, 2.75) is 32.8 Å². The zero-order valence-electron chi connectivity index (χ0n) is 8.19. The summed E-state index contributed by atoms with van der Waals surface area (Å²) in [6.07, 6.45) is 9.25. The molecule has 0 fully saturated rings. The van der Waals surface area contributed by atoms with Gasteiger partial charge in [-0.25, -0.2) is 4.79 Å². The lowest BCUT2D eigenvalue weighted by Crippen LogP contribution is -2.14. The van der Waals surface area contributed by atoms with E-state index in [1.807, 2.05) is 13.0 Å². The van der Waals surface area contributed by atoms with Gasteiger partial charge in [0.25, 0.3) is 0 Å². The van der Waals surface area contributed by atoms with Gasteiger partial charge < -0.3 is 4.74 Å². The normalized spacial score (nSPS) is 34.8. The quantitative estimate of drug-likeness (QED) is 0.535. The van der Waals surface area contributed by atoms with E-state index in [0.717, 1.165) is 12.8 Å². The zero-order chi connectivity index (χ0) is 9.68. The lowest BCUT2D eigenvalue weighted by Gasteiger charge is -2.14. The molecule has 1 aliphatic rings. The summed E-state index contributed by atoms with van der Waals surface area (Å²) in [5, 5.41) is 0. The lowest BCUT2D eigenvalue weighted by molar-refractivity contribution is -0.142. The molecule has 0 aromatic heterocycles. The minimum Gasteiger partial charge on any atom is -0.460 e. The molecule has 2 nitrogen and oxygen atoms in total. The minimum absolute atomic E-state index is 0.0334. The van der Waals surface area contributed by atoms with Crippen molar-refractivity contribution in [2.24, 2.45) is 5.92 Å². The smallest absolute Gasteiger partial charge is 0.331 e. The Morgan fingerprint density at radius 1 is 1.31 bits per heavy atom. The summed E-state index contributed by atoms with van der Waals surface area (Å²) in [6, 6.07) is 0. The van der Waals surface area contributed by atoms with Crippen LogP contribution in [0.1, 0.15) is 26.7 Å². The van der Waals surface area contributed by atoms with Crippen LogP contribution in [0.3, 0.4) is 0 Å². The molecule has 0 aromatic carbocycles. The Bertz CT molecular complexity index is 228. The summed E-state index contributed by atoms with van der Waals surface area (Å²) in [5.74, 6) is 0.315. The SMILES string of the molecule is C[C@@H]1CC[C@@H](C)/C=C/C=C\C(=O)O1. The van der Waals surface area contributed by atoms with Crippen molar-refractivity contribution < 1.29 is 9.53 Å². The fourth-order valence-electron chi connectivity index (χ4n) is 1.28. The van der Waals surface area contributed by atoms with Crippen LogP contribution in [-0.2, 0) is 9.53 Å². The number of carbonyl (C=O) groups is 1. The van der Waals surface area contributed by atoms with Gasteiger partial charge in [-0.2, -0.15) is 0 Å². The molecule has 0 saturated carbocycles. The lowest BCUT2D eigenvalue weighted by atomic mass is 10.0. The maximum atomic E-state index is 11.0. The van der Waals surface area contributed by atoms with Gasteiger partial charge in [0, 0.05) is 6.08 Å². The maximum absolute atomic E-state index is 11.0. The molecule has 1 aliphatic heterocycles. The molecule has 0 saturated heterocycles. The Balaban J connectivity index is 2.62. The average molecular weight is 180 g/mol. The van der Waals surface area contributed by atoms with Gasteiger partial charge >= 0.3 is 5.97 Å². The standard InChI is InChI=1S/C11H16O2/c1-9-5-3-4-6-11(12)13-10(2)8-7-9/h3-6,9-10H,7-8H2,1-2H3/b5-3+,6-4-/t9-,10+/m0/s1. The van der Waals surface area contributed by atoms with Crippen molar-refractivity contribution in [1.82, 2.24) is 0 Å². The molecule has 0 radical (unpaired) electrons. The van der Waals surface area contributed by atoms with Crippen LogP contribution in [0, 0.1) is 5.92 Å². The minimum atomic E-state index is -0.244. The van der Waals surface area contributed by atoms with Crippen LogP contribution in [0.5, 0.6) is 0 Å². The summed E-state index contributed by atoms with van der Waals surface area (Å²) >= 11 is 0. The van der Waals surface area contributed by atoms with E-state index in [4.69, 9.17) is 4.74 Å². The Labute approximate surface area is 79.3 Å².